The van der Waals surface area contributed by atoms with Gasteiger partial charge in [0.2, 0.25) is 0 Å². The average Bonchev–Trinajstić information content (AvgIpc) is 2.79. The predicted molar refractivity (Wildman–Crippen MR) is 70.3 cm³/mol. The average molecular weight is 294 g/mol. The van der Waals surface area contributed by atoms with Crippen LogP contribution in [-0.2, 0) is 14.2 Å². The Hall–Kier alpha value is 0.110. The smallest absolute Gasteiger partial charge is 0.112 e. The van der Waals surface area contributed by atoms with Crippen molar-refractivity contribution in [2.75, 3.05) is 12.4 Å². The van der Waals surface area contributed by atoms with Crippen LogP contribution in [0.5, 0.6) is 0 Å². The van der Waals surface area contributed by atoms with Gasteiger partial charge in [-0.1, -0.05) is 0 Å². The van der Waals surface area contributed by atoms with E-state index in [1.165, 1.54) is 0 Å². The summed E-state index contributed by atoms with van der Waals surface area (Å²) < 4.78 is 16.5. The van der Waals surface area contributed by atoms with Crippen LogP contribution >= 0.6 is 12.6 Å². The Bertz CT molecular complexity index is 304. The summed E-state index contributed by atoms with van der Waals surface area (Å²) in [6.07, 6.45) is -4.67. The molecule has 6 nitrogen and oxygen atoms in total. The first-order chi connectivity index (χ1) is 8.95. The lowest BCUT2D eigenvalue weighted by Crippen LogP contribution is -2.39. The van der Waals surface area contributed by atoms with Gasteiger partial charge in [-0.3, -0.25) is 0 Å². The monoisotopic (exact) mass is 294 g/mol. The molecule has 0 aromatic heterocycles. The Morgan fingerprint density at radius 1 is 0.947 bits per heavy atom. The van der Waals surface area contributed by atoms with E-state index in [-0.39, 0.29) is 18.8 Å². The first kappa shape index (κ1) is 15.5. The highest BCUT2D eigenvalue weighted by atomic mass is 32.1. The zero-order valence-corrected chi connectivity index (χ0v) is 11.9. The number of ether oxygens (including phenoxy) is 3. The molecule has 0 aromatic carbocycles. The molecule has 2 fully saturated rings. The minimum atomic E-state index is -0.967. The van der Waals surface area contributed by atoms with Crippen molar-refractivity contribution in [3.63, 3.8) is 0 Å². The Labute approximate surface area is 118 Å². The van der Waals surface area contributed by atoms with Crippen LogP contribution in [0.4, 0.5) is 0 Å². The fourth-order valence-electron chi connectivity index (χ4n) is 2.59. The number of aliphatic hydroxyl groups is 3. The molecule has 0 saturated carbocycles. The molecule has 2 rings (SSSR count). The van der Waals surface area contributed by atoms with E-state index in [0.717, 1.165) is 0 Å². The molecular formula is C12H22O6S. The standard InChI is InChI=1S/C12H22O6S/c1-5-9(13)10(14)7(17-5)3-16-12-6(2)18-8(4-19)11(12)15/h5-15,19H,3-4H2,1-2H3. The van der Waals surface area contributed by atoms with Crippen molar-refractivity contribution in [2.24, 2.45) is 0 Å². The van der Waals surface area contributed by atoms with Crippen molar-refractivity contribution >= 4 is 12.6 Å². The van der Waals surface area contributed by atoms with Gasteiger partial charge in [0.15, 0.2) is 0 Å². The van der Waals surface area contributed by atoms with E-state index in [1.54, 1.807) is 6.92 Å². The molecule has 8 unspecified atom stereocenters. The highest BCUT2D eigenvalue weighted by Crippen LogP contribution is 2.27. The van der Waals surface area contributed by atoms with Crippen LogP contribution in [-0.4, -0.2) is 76.5 Å². The molecule has 0 aliphatic carbocycles. The van der Waals surface area contributed by atoms with Crippen molar-refractivity contribution in [3.05, 3.63) is 0 Å². The molecule has 112 valence electrons. The predicted octanol–water partition coefficient (Wildman–Crippen LogP) is -1.04. The molecule has 2 aliphatic rings. The van der Waals surface area contributed by atoms with Crippen molar-refractivity contribution in [1.82, 2.24) is 0 Å². The molecule has 19 heavy (non-hydrogen) atoms. The molecule has 0 spiro atoms. The third kappa shape index (κ3) is 3.07. The van der Waals surface area contributed by atoms with Gasteiger partial charge in [0, 0.05) is 5.75 Å². The topological polar surface area (TPSA) is 88.4 Å². The zero-order valence-electron chi connectivity index (χ0n) is 11.0. The summed E-state index contributed by atoms with van der Waals surface area (Å²) in [5, 5.41) is 29.4. The summed E-state index contributed by atoms with van der Waals surface area (Å²) in [5.74, 6) is 0.420. The molecule has 2 heterocycles. The minimum Gasteiger partial charge on any atom is -0.388 e. The fraction of sp³-hybridized carbons (Fsp3) is 1.00. The molecule has 8 atom stereocenters. The molecule has 2 saturated heterocycles. The van der Waals surface area contributed by atoms with E-state index in [0.29, 0.717) is 5.75 Å². The summed E-state index contributed by atoms with van der Waals surface area (Å²) >= 11 is 4.11. The Balaban J connectivity index is 1.86. The summed E-state index contributed by atoms with van der Waals surface area (Å²) in [6, 6.07) is 0. The Morgan fingerprint density at radius 2 is 1.58 bits per heavy atom. The van der Waals surface area contributed by atoms with Crippen LogP contribution in [0.15, 0.2) is 0 Å². The first-order valence-electron chi connectivity index (χ1n) is 6.53. The Kier molecular flexibility index (Phi) is 5.10. The van der Waals surface area contributed by atoms with Gasteiger partial charge in [-0.15, -0.1) is 0 Å². The van der Waals surface area contributed by atoms with E-state index >= 15 is 0 Å². The van der Waals surface area contributed by atoms with Crippen molar-refractivity contribution in [2.45, 2.75) is 62.7 Å². The van der Waals surface area contributed by atoms with E-state index in [1.807, 2.05) is 6.92 Å². The number of aliphatic hydroxyl groups excluding tert-OH is 3. The van der Waals surface area contributed by atoms with Gasteiger partial charge in [0.25, 0.3) is 0 Å². The van der Waals surface area contributed by atoms with Crippen LogP contribution in [0.2, 0.25) is 0 Å². The summed E-state index contributed by atoms with van der Waals surface area (Å²) in [7, 11) is 0. The lowest BCUT2D eigenvalue weighted by molar-refractivity contribution is -0.0926. The van der Waals surface area contributed by atoms with Gasteiger partial charge in [0.1, 0.15) is 30.5 Å². The molecule has 3 N–H and O–H groups in total. The van der Waals surface area contributed by atoms with Crippen LogP contribution in [0, 0.1) is 0 Å². The van der Waals surface area contributed by atoms with Gasteiger partial charge in [-0.05, 0) is 13.8 Å². The van der Waals surface area contributed by atoms with Crippen LogP contribution in [0.25, 0.3) is 0 Å². The molecule has 7 heteroatoms. The normalized spacial score (nSPS) is 50.8. The third-order valence-corrected chi connectivity index (χ3v) is 4.16. The van der Waals surface area contributed by atoms with Crippen molar-refractivity contribution < 1.29 is 29.5 Å². The molecular weight excluding hydrogens is 272 g/mol. The maximum atomic E-state index is 10.0. The maximum Gasteiger partial charge on any atom is 0.112 e. The molecule has 0 bridgehead atoms. The second-order valence-corrected chi connectivity index (χ2v) is 5.58. The largest absolute Gasteiger partial charge is 0.388 e. The highest BCUT2D eigenvalue weighted by Gasteiger charge is 2.44. The number of thiol groups is 1. The maximum absolute atomic E-state index is 10.0. The lowest BCUT2D eigenvalue weighted by Gasteiger charge is -2.22. The minimum absolute atomic E-state index is 0.108. The van der Waals surface area contributed by atoms with Gasteiger partial charge < -0.3 is 29.5 Å². The highest BCUT2D eigenvalue weighted by molar-refractivity contribution is 7.80. The third-order valence-electron chi connectivity index (χ3n) is 3.80. The van der Waals surface area contributed by atoms with E-state index in [4.69, 9.17) is 14.2 Å². The summed E-state index contributed by atoms with van der Waals surface area (Å²) in [6.45, 7) is 3.62. The first-order valence-corrected chi connectivity index (χ1v) is 7.16. The summed E-state index contributed by atoms with van der Waals surface area (Å²) in [5.41, 5.74) is 0. The molecule has 0 radical (unpaired) electrons. The fourth-order valence-corrected chi connectivity index (χ4v) is 2.89. The lowest BCUT2D eigenvalue weighted by atomic mass is 10.1. The second-order valence-electron chi connectivity index (χ2n) is 5.21. The van der Waals surface area contributed by atoms with Crippen LogP contribution < -0.4 is 0 Å². The van der Waals surface area contributed by atoms with Gasteiger partial charge in [0.05, 0.1) is 24.9 Å². The quantitative estimate of drug-likeness (QED) is 0.495. The zero-order chi connectivity index (χ0) is 14.2. The second kappa shape index (κ2) is 6.26. The van der Waals surface area contributed by atoms with Crippen LogP contribution in [0.3, 0.4) is 0 Å². The van der Waals surface area contributed by atoms with Crippen LogP contribution in [0.1, 0.15) is 13.8 Å². The molecule has 2 aliphatic heterocycles. The molecule has 0 aromatic rings. The SMILES string of the molecule is CC1OC(COC2C(C)OC(CS)C2O)C(O)C1O. The van der Waals surface area contributed by atoms with Gasteiger partial charge in [-0.25, -0.2) is 0 Å². The number of hydrogen-bond donors (Lipinski definition) is 4. The van der Waals surface area contributed by atoms with Gasteiger partial charge in [-0.2, -0.15) is 12.6 Å². The van der Waals surface area contributed by atoms with Crippen molar-refractivity contribution in [3.8, 4) is 0 Å². The van der Waals surface area contributed by atoms with Gasteiger partial charge >= 0.3 is 0 Å². The van der Waals surface area contributed by atoms with Crippen molar-refractivity contribution in [1.29, 1.82) is 0 Å². The van der Waals surface area contributed by atoms with E-state index in [2.05, 4.69) is 12.6 Å². The number of hydrogen-bond acceptors (Lipinski definition) is 7. The molecule has 0 amide bonds. The van der Waals surface area contributed by atoms with E-state index < -0.39 is 36.6 Å². The Morgan fingerprint density at radius 3 is 2.05 bits per heavy atom. The van der Waals surface area contributed by atoms with E-state index in [9.17, 15) is 15.3 Å². The summed E-state index contributed by atoms with van der Waals surface area (Å²) in [4.78, 5) is 0. The number of rotatable bonds is 4.